The van der Waals surface area contributed by atoms with Crippen molar-refractivity contribution in [3.8, 4) is 0 Å². The monoisotopic (exact) mass is 412 g/mol. The number of hydrogen-bond acceptors (Lipinski definition) is 6. The van der Waals surface area contributed by atoms with Crippen LogP contribution in [0.3, 0.4) is 0 Å². The Morgan fingerprint density at radius 2 is 2.03 bits per heavy atom. The molecule has 0 spiro atoms. The number of nitrogens with one attached hydrogen (secondary N) is 1. The zero-order chi connectivity index (χ0) is 20.9. The van der Waals surface area contributed by atoms with Crippen molar-refractivity contribution in [2.75, 3.05) is 46.0 Å². The van der Waals surface area contributed by atoms with Crippen LogP contribution in [0, 0.1) is 0 Å². The predicted octanol–water partition coefficient (Wildman–Crippen LogP) is 1.25. The fourth-order valence-electron chi connectivity index (χ4n) is 4.25. The standard InChI is InChI=1S/C22H28N4O4/c1-2-18-17(5-6-20(27)24-18)22(28)26-10-13-30-19(15-25-8-11-29-12-9-25)21(26)16-4-3-7-23-14-16/h3-7,14,19,21H,2,8-13,15H2,1H3,(H,24,27)/t19-,21-/m0/s1. The predicted molar refractivity (Wildman–Crippen MR) is 111 cm³/mol. The van der Waals surface area contributed by atoms with Gasteiger partial charge in [0.05, 0.1) is 37.5 Å². The van der Waals surface area contributed by atoms with Gasteiger partial charge < -0.3 is 19.4 Å². The Morgan fingerprint density at radius 3 is 2.77 bits per heavy atom. The van der Waals surface area contributed by atoms with Crippen molar-refractivity contribution in [3.05, 3.63) is 63.8 Å². The van der Waals surface area contributed by atoms with E-state index in [1.165, 1.54) is 6.07 Å². The summed E-state index contributed by atoms with van der Waals surface area (Å²) in [6.45, 7) is 6.75. The number of aryl methyl sites for hydroxylation is 1. The van der Waals surface area contributed by atoms with E-state index in [4.69, 9.17) is 9.47 Å². The molecule has 0 bridgehead atoms. The van der Waals surface area contributed by atoms with E-state index in [2.05, 4.69) is 14.9 Å². The Kier molecular flexibility index (Phi) is 6.56. The molecule has 2 aromatic rings. The third kappa shape index (κ3) is 4.45. The summed E-state index contributed by atoms with van der Waals surface area (Å²) in [7, 11) is 0. The lowest BCUT2D eigenvalue weighted by molar-refractivity contribution is -0.0819. The summed E-state index contributed by atoms with van der Waals surface area (Å²) in [5.41, 5.74) is 1.96. The number of amides is 1. The summed E-state index contributed by atoms with van der Waals surface area (Å²) in [4.78, 5) is 36.6. The van der Waals surface area contributed by atoms with Crippen LogP contribution in [0.4, 0.5) is 0 Å². The molecule has 4 heterocycles. The number of aromatic amines is 1. The quantitative estimate of drug-likeness (QED) is 0.795. The molecule has 160 valence electrons. The molecule has 2 aliphatic heterocycles. The first-order valence-corrected chi connectivity index (χ1v) is 10.5. The third-order valence-electron chi connectivity index (χ3n) is 5.77. The molecular formula is C22H28N4O4. The summed E-state index contributed by atoms with van der Waals surface area (Å²) >= 11 is 0. The Bertz CT molecular complexity index is 911. The molecule has 8 nitrogen and oxygen atoms in total. The number of H-pyrrole nitrogens is 1. The van der Waals surface area contributed by atoms with Crippen LogP contribution >= 0.6 is 0 Å². The number of nitrogens with zero attached hydrogens (tertiary/aromatic N) is 3. The lowest BCUT2D eigenvalue weighted by atomic mass is 9.97. The van der Waals surface area contributed by atoms with E-state index < -0.39 is 0 Å². The first-order valence-electron chi connectivity index (χ1n) is 10.5. The zero-order valence-corrected chi connectivity index (χ0v) is 17.3. The van der Waals surface area contributed by atoms with Crippen molar-refractivity contribution >= 4 is 5.91 Å². The fraction of sp³-hybridized carbons (Fsp3) is 0.500. The number of ether oxygens (including phenoxy) is 2. The minimum absolute atomic E-state index is 0.0905. The summed E-state index contributed by atoms with van der Waals surface area (Å²) < 4.78 is 11.6. The first-order chi connectivity index (χ1) is 14.7. The molecular weight excluding hydrogens is 384 g/mol. The molecule has 30 heavy (non-hydrogen) atoms. The lowest BCUT2D eigenvalue weighted by Crippen LogP contribution is -2.53. The number of carbonyl (C=O) groups excluding carboxylic acids is 1. The van der Waals surface area contributed by atoms with E-state index in [1.807, 2.05) is 24.0 Å². The number of carbonyl (C=O) groups is 1. The molecule has 0 radical (unpaired) electrons. The molecule has 2 fully saturated rings. The maximum atomic E-state index is 13.6. The van der Waals surface area contributed by atoms with Crippen molar-refractivity contribution in [2.45, 2.75) is 25.5 Å². The number of aromatic nitrogens is 2. The highest BCUT2D eigenvalue weighted by atomic mass is 16.5. The largest absolute Gasteiger partial charge is 0.379 e. The fourth-order valence-corrected chi connectivity index (χ4v) is 4.25. The molecule has 0 aliphatic carbocycles. The molecule has 4 rings (SSSR count). The normalized spacial score (nSPS) is 22.8. The maximum Gasteiger partial charge on any atom is 0.256 e. The van der Waals surface area contributed by atoms with Crippen molar-refractivity contribution in [1.82, 2.24) is 19.8 Å². The SMILES string of the molecule is CCc1[nH]c(=O)ccc1C(=O)N1CCO[C@@H](CN2CCOCC2)[C@@H]1c1cccnc1. The molecule has 0 saturated carbocycles. The first kappa shape index (κ1) is 20.7. The third-order valence-corrected chi connectivity index (χ3v) is 5.77. The molecule has 1 N–H and O–H groups in total. The zero-order valence-electron chi connectivity index (χ0n) is 17.3. The van der Waals surface area contributed by atoms with Crippen LogP contribution in [0.1, 0.15) is 34.6 Å². The van der Waals surface area contributed by atoms with Crippen LogP contribution in [-0.4, -0.2) is 77.8 Å². The molecule has 8 heteroatoms. The Balaban J connectivity index is 1.66. The highest BCUT2D eigenvalue weighted by Gasteiger charge is 2.38. The van der Waals surface area contributed by atoms with Crippen LogP contribution in [0.5, 0.6) is 0 Å². The van der Waals surface area contributed by atoms with E-state index in [1.54, 1.807) is 18.5 Å². The minimum Gasteiger partial charge on any atom is -0.379 e. The molecule has 2 atom stereocenters. The van der Waals surface area contributed by atoms with Gasteiger partial charge in [0.15, 0.2) is 0 Å². The van der Waals surface area contributed by atoms with E-state index in [-0.39, 0.29) is 23.6 Å². The number of morpholine rings is 2. The second kappa shape index (κ2) is 9.51. The lowest BCUT2D eigenvalue weighted by Gasteiger charge is -2.43. The molecule has 2 aliphatic rings. The molecule has 2 aromatic heterocycles. The van der Waals surface area contributed by atoms with Gasteiger partial charge >= 0.3 is 0 Å². The van der Waals surface area contributed by atoms with Crippen LogP contribution in [0.2, 0.25) is 0 Å². The van der Waals surface area contributed by atoms with Gasteiger partial charge in [-0.2, -0.15) is 0 Å². The number of pyridine rings is 2. The Labute approximate surface area is 175 Å². The summed E-state index contributed by atoms with van der Waals surface area (Å²) in [6.07, 6.45) is 3.95. The van der Waals surface area contributed by atoms with Crippen molar-refractivity contribution in [1.29, 1.82) is 0 Å². The van der Waals surface area contributed by atoms with Gasteiger partial charge in [-0.1, -0.05) is 13.0 Å². The Hall–Kier alpha value is -2.55. The minimum atomic E-state index is -0.251. The van der Waals surface area contributed by atoms with Gasteiger partial charge in [-0.3, -0.25) is 19.5 Å². The molecule has 0 unspecified atom stereocenters. The van der Waals surface area contributed by atoms with Crippen molar-refractivity contribution in [2.24, 2.45) is 0 Å². The van der Waals surface area contributed by atoms with Gasteiger partial charge in [0.1, 0.15) is 0 Å². The molecule has 2 saturated heterocycles. The van der Waals surface area contributed by atoms with Crippen molar-refractivity contribution in [3.63, 3.8) is 0 Å². The average Bonchev–Trinajstić information content (AvgIpc) is 2.79. The number of rotatable bonds is 5. The second-order valence-electron chi connectivity index (χ2n) is 7.62. The summed E-state index contributed by atoms with van der Waals surface area (Å²) in [6, 6.07) is 6.67. The van der Waals surface area contributed by atoms with Crippen LogP contribution in [-0.2, 0) is 15.9 Å². The van der Waals surface area contributed by atoms with Gasteiger partial charge in [0.2, 0.25) is 5.56 Å². The van der Waals surface area contributed by atoms with Crippen LogP contribution in [0.15, 0.2) is 41.5 Å². The van der Waals surface area contributed by atoms with E-state index in [0.717, 1.165) is 25.2 Å². The highest BCUT2D eigenvalue weighted by Crippen LogP contribution is 2.31. The van der Waals surface area contributed by atoms with E-state index in [0.29, 0.717) is 44.0 Å². The van der Waals surface area contributed by atoms with Crippen molar-refractivity contribution < 1.29 is 14.3 Å². The topological polar surface area (TPSA) is 87.8 Å². The van der Waals surface area contributed by atoms with Gasteiger partial charge in [0.25, 0.3) is 5.91 Å². The molecule has 0 aromatic carbocycles. The smallest absolute Gasteiger partial charge is 0.256 e. The van der Waals surface area contributed by atoms with Gasteiger partial charge in [0, 0.05) is 50.3 Å². The molecule has 1 amide bonds. The van der Waals surface area contributed by atoms with E-state index in [9.17, 15) is 9.59 Å². The van der Waals surface area contributed by atoms with Gasteiger partial charge in [-0.15, -0.1) is 0 Å². The van der Waals surface area contributed by atoms with Gasteiger partial charge in [-0.25, -0.2) is 0 Å². The maximum absolute atomic E-state index is 13.6. The highest BCUT2D eigenvalue weighted by molar-refractivity contribution is 5.95. The summed E-state index contributed by atoms with van der Waals surface area (Å²) in [5.74, 6) is -0.0905. The average molecular weight is 412 g/mol. The second-order valence-corrected chi connectivity index (χ2v) is 7.62. The van der Waals surface area contributed by atoms with Crippen LogP contribution < -0.4 is 5.56 Å². The summed E-state index contributed by atoms with van der Waals surface area (Å²) in [5, 5.41) is 0. The van der Waals surface area contributed by atoms with Crippen LogP contribution in [0.25, 0.3) is 0 Å². The Morgan fingerprint density at radius 1 is 1.20 bits per heavy atom. The number of hydrogen-bond donors (Lipinski definition) is 1. The van der Waals surface area contributed by atoms with E-state index >= 15 is 0 Å². The van der Waals surface area contributed by atoms with Gasteiger partial charge in [-0.05, 0) is 24.1 Å².